The van der Waals surface area contributed by atoms with E-state index in [9.17, 15) is 9.59 Å². The molecule has 3 rings (SSSR count). The summed E-state index contributed by atoms with van der Waals surface area (Å²) in [4.78, 5) is 25.6. The van der Waals surface area contributed by atoms with E-state index >= 15 is 0 Å². The molecule has 0 radical (unpaired) electrons. The van der Waals surface area contributed by atoms with Crippen molar-refractivity contribution in [1.29, 1.82) is 0 Å². The van der Waals surface area contributed by atoms with Crippen LogP contribution in [0.15, 0.2) is 70.9 Å². The Morgan fingerprint density at radius 2 is 1.33 bits per heavy atom. The first-order valence-corrected chi connectivity index (χ1v) is 9.60. The molecule has 0 spiro atoms. The van der Waals surface area contributed by atoms with E-state index < -0.39 is 11.8 Å². The first-order valence-electron chi connectivity index (χ1n) is 7.90. The van der Waals surface area contributed by atoms with Crippen LogP contribution >= 0.6 is 34.5 Å². The monoisotopic (exact) mass is 416 g/mol. The van der Waals surface area contributed by atoms with Crippen molar-refractivity contribution in [3.8, 4) is 0 Å². The SMILES string of the molecule is O=C(Nc1ccccc1Cl)C(=Cc1ccsc1)C(=O)Nc1ccccc1Cl. The molecule has 0 fully saturated rings. The molecule has 0 unspecified atom stereocenters. The highest BCUT2D eigenvalue weighted by molar-refractivity contribution is 7.08. The Labute approximate surface area is 170 Å². The Bertz CT molecular complexity index is 939. The van der Waals surface area contributed by atoms with Gasteiger partial charge < -0.3 is 10.6 Å². The van der Waals surface area contributed by atoms with Crippen LogP contribution in [-0.4, -0.2) is 11.8 Å². The molecule has 0 atom stereocenters. The van der Waals surface area contributed by atoms with Crippen molar-refractivity contribution < 1.29 is 9.59 Å². The van der Waals surface area contributed by atoms with Gasteiger partial charge in [0.25, 0.3) is 11.8 Å². The van der Waals surface area contributed by atoms with Gasteiger partial charge in [-0.05, 0) is 52.7 Å². The minimum atomic E-state index is -0.571. The highest BCUT2D eigenvalue weighted by Crippen LogP contribution is 2.24. The van der Waals surface area contributed by atoms with Gasteiger partial charge in [0.1, 0.15) is 5.57 Å². The molecule has 0 aliphatic carbocycles. The zero-order valence-electron chi connectivity index (χ0n) is 13.9. The van der Waals surface area contributed by atoms with Crippen LogP contribution in [0.25, 0.3) is 6.08 Å². The molecule has 0 saturated heterocycles. The molecule has 2 N–H and O–H groups in total. The maximum absolute atomic E-state index is 12.8. The lowest BCUT2D eigenvalue weighted by Gasteiger charge is -2.11. The first-order chi connectivity index (χ1) is 13.0. The summed E-state index contributed by atoms with van der Waals surface area (Å²) in [5.74, 6) is -1.14. The average Bonchev–Trinajstić information content (AvgIpc) is 3.16. The Kier molecular flexibility index (Phi) is 6.29. The maximum Gasteiger partial charge on any atom is 0.261 e. The van der Waals surface area contributed by atoms with Gasteiger partial charge in [0.2, 0.25) is 0 Å². The summed E-state index contributed by atoms with van der Waals surface area (Å²) in [6, 6.07) is 15.4. The van der Waals surface area contributed by atoms with E-state index in [1.165, 1.54) is 17.4 Å². The van der Waals surface area contributed by atoms with E-state index in [0.717, 1.165) is 5.56 Å². The molecule has 27 heavy (non-hydrogen) atoms. The minimum absolute atomic E-state index is 0.0618. The predicted molar refractivity (Wildman–Crippen MR) is 112 cm³/mol. The number of para-hydroxylation sites is 2. The lowest BCUT2D eigenvalue weighted by Crippen LogP contribution is -2.25. The van der Waals surface area contributed by atoms with Crippen LogP contribution in [0.2, 0.25) is 10.0 Å². The van der Waals surface area contributed by atoms with Crippen molar-refractivity contribution in [3.63, 3.8) is 0 Å². The summed E-state index contributed by atoms with van der Waals surface area (Å²) in [5, 5.41) is 9.81. The summed E-state index contributed by atoms with van der Waals surface area (Å²) >= 11 is 13.7. The van der Waals surface area contributed by atoms with Crippen molar-refractivity contribution in [2.45, 2.75) is 0 Å². The van der Waals surface area contributed by atoms with E-state index in [-0.39, 0.29) is 5.57 Å². The Hall–Kier alpha value is -2.60. The third-order valence-electron chi connectivity index (χ3n) is 3.59. The van der Waals surface area contributed by atoms with Crippen molar-refractivity contribution in [2.75, 3.05) is 10.6 Å². The highest BCUT2D eigenvalue weighted by atomic mass is 35.5. The third kappa shape index (κ3) is 4.98. The van der Waals surface area contributed by atoms with Gasteiger partial charge in [-0.25, -0.2) is 0 Å². The molecule has 7 heteroatoms. The van der Waals surface area contributed by atoms with E-state index in [1.54, 1.807) is 48.5 Å². The molecule has 0 saturated carbocycles. The maximum atomic E-state index is 12.8. The van der Waals surface area contributed by atoms with Crippen LogP contribution in [0.5, 0.6) is 0 Å². The predicted octanol–water partition coefficient (Wildman–Crippen LogP) is 5.72. The number of rotatable bonds is 5. The molecule has 2 amide bonds. The van der Waals surface area contributed by atoms with E-state index in [0.29, 0.717) is 21.4 Å². The van der Waals surface area contributed by atoms with Crippen molar-refractivity contribution >= 4 is 63.8 Å². The van der Waals surface area contributed by atoms with Gasteiger partial charge in [0.05, 0.1) is 21.4 Å². The first kappa shape index (κ1) is 19.2. The Balaban J connectivity index is 1.89. The minimum Gasteiger partial charge on any atom is -0.320 e. The molecular formula is C20H14Cl2N2O2S. The van der Waals surface area contributed by atoms with E-state index in [4.69, 9.17) is 23.2 Å². The van der Waals surface area contributed by atoms with Crippen LogP contribution in [-0.2, 0) is 9.59 Å². The zero-order valence-corrected chi connectivity index (χ0v) is 16.2. The summed E-state index contributed by atoms with van der Waals surface area (Å²) in [6.07, 6.45) is 1.52. The second kappa shape index (κ2) is 8.86. The number of thiophene rings is 1. The number of nitrogens with one attached hydrogen (secondary N) is 2. The van der Waals surface area contributed by atoms with Gasteiger partial charge >= 0.3 is 0 Å². The second-order valence-electron chi connectivity index (χ2n) is 5.48. The highest BCUT2D eigenvalue weighted by Gasteiger charge is 2.20. The molecule has 4 nitrogen and oxygen atoms in total. The molecule has 0 aliphatic rings. The van der Waals surface area contributed by atoms with Gasteiger partial charge in [-0.15, -0.1) is 0 Å². The topological polar surface area (TPSA) is 58.2 Å². The van der Waals surface area contributed by atoms with Crippen LogP contribution in [0.4, 0.5) is 11.4 Å². The van der Waals surface area contributed by atoms with Gasteiger partial charge in [0.15, 0.2) is 0 Å². The van der Waals surface area contributed by atoms with Crippen LogP contribution < -0.4 is 10.6 Å². The molecule has 1 aromatic heterocycles. The van der Waals surface area contributed by atoms with Crippen LogP contribution in [0.3, 0.4) is 0 Å². The summed E-state index contributed by atoms with van der Waals surface area (Å²) in [6.45, 7) is 0. The van der Waals surface area contributed by atoms with Crippen molar-refractivity contribution in [1.82, 2.24) is 0 Å². The van der Waals surface area contributed by atoms with Gasteiger partial charge in [-0.3, -0.25) is 9.59 Å². The largest absolute Gasteiger partial charge is 0.320 e. The average molecular weight is 417 g/mol. The van der Waals surface area contributed by atoms with Crippen molar-refractivity contribution in [3.05, 3.63) is 86.5 Å². The van der Waals surface area contributed by atoms with Crippen LogP contribution in [0.1, 0.15) is 5.56 Å². The number of carbonyl (C=O) groups excluding carboxylic acids is 2. The molecule has 0 aliphatic heterocycles. The zero-order chi connectivity index (χ0) is 19.2. The number of amides is 2. The van der Waals surface area contributed by atoms with Crippen LogP contribution in [0, 0.1) is 0 Å². The van der Waals surface area contributed by atoms with Gasteiger partial charge in [-0.1, -0.05) is 47.5 Å². The lowest BCUT2D eigenvalue weighted by molar-refractivity contribution is -0.118. The molecule has 2 aromatic carbocycles. The standard InChI is InChI=1S/C20H14Cl2N2O2S/c21-15-5-1-3-7-17(15)23-19(25)14(11-13-9-10-27-12-13)20(26)24-18-8-4-2-6-16(18)22/h1-12H,(H,23,25)(H,24,26). The summed E-state index contributed by atoms with van der Waals surface area (Å²) < 4.78 is 0. The fourth-order valence-corrected chi connectivity index (χ4v) is 3.25. The molecular weight excluding hydrogens is 403 g/mol. The Morgan fingerprint density at radius 3 is 1.78 bits per heavy atom. The molecule has 136 valence electrons. The smallest absolute Gasteiger partial charge is 0.261 e. The summed E-state index contributed by atoms with van der Waals surface area (Å²) in [7, 11) is 0. The molecule has 0 bridgehead atoms. The van der Waals surface area contributed by atoms with Gasteiger partial charge in [-0.2, -0.15) is 11.3 Å². The Morgan fingerprint density at radius 1 is 0.815 bits per heavy atom. The molecule has 1 heterocycles. The van der Waals surface area contributed by atoms with Gasteiger partial charge in [0, 0.05) is 0 Å². The summed E-state index contributed by atoms with van der Waals surface area (Å²) in [5.41, 5.74) is 1.53. The normalized spacial score (nSPS) is 10.1. The van der Waals surface area contributed by atoms with E-state index in [2.05, 4.69) is 10.6 Å². The second-order valence-corrected chi connectivity index (χ2v) is 7.08. The number of hydrogen-bond donors (Lipinski definition) is 2. The quantitative estimate of drug-likeness (QED) is 0.317. The fraction of sp³-hybridized carbons (Fsp3) is 0. The van der Waals surface area contributed by atoms with Crippen molar-refractivity contribution in [2.24, 2.45) is 0 Å². The van der Waals surface area contributed by atoms with E-state index in [1.807, 2.05) is 16.8 Å². The number of anilines is 2. The third-order valence-corrected chi connectivity index (χ3v) is 4.95. The fourth-order valence-electron chi connectivity index (χ4n) is 2.26. The number of hydrogen-bond acceptors (Lipinski definition) is 3. The number of benzene rings is 2. The molecule has 3 aromatic rings. The lowest BCUT2D eigenvalue weighted by atomic mass is 10.1. The number of carbonyl (C=O) groups is 2. The number of halogens is 2.